The number of nitrogens with zero attached hydrogens (tertiary/aromatic N) is 1. The maximum absolute atomic E-state index is 13.5. The molecule has 41 heavy (non-hydrogen) atoms. The summed E-state index contributed by atoms with van der Waals surface area (Å²) in [5.74, 6) is -2.70. The smallest absolute Gasteiger partial charge is 0.328 e. The fourth-order valence-electron chi connectivity index (χ4n) is 4.74. The lowest BCUT2D eigenvalue weighted by molar-refractivity contribution is -0.134. The molecule has 1 aliphatic rings. The summed E-state index contributed by atoms with van der Waals surface area (Å²) < 4.78 is 52.3. The summed E-state index contributed by atoms with van der Waals surface area (Å²) in [6, 6.07) is 19.3. The summed E-state index contributed by atoms with van der Waals surface area (Å²) in [6.07, 6.45) is 2.87. The molecule has 0 spiro atoms. The Morgan fingerprint density at radius 1 is 0.829 bits per heavy atom. The number of aliphatic carboxylic acids is 2. The molecule has 0 aliphatic carbocycles. The quantitative estimate of drug-likeness (QED) is 0.303. The van der Waals surface area contributed by atoms with E-state index in [-0.39, 0.29) is 28.2 Å². The van der Waals surface area contributed by atoms with Crippen molar-refractivity contribution in [3.8, 4) is 0 Å². The minimum Gasteiger partial charge on any atom is -0.478 e. The topological polar surface area (TPSA) is 112 Å². The molecular formula is C30H30ClF2NO6S. The number of piperidine rings is 1. The first-order valence-electron chi connectivity index (χ1n) is 12.8. The van der Waals surface area contributed by atoms with Crippen LogP contribution in [0.3, 0.4) is 0 Å². The molecule has 1 heterocycles. The van der Waals surface area contributed by atoms with Gasteiger partial charge in [0, 0.05) is 29.6 Å². The molecule has 0 aromatic heterocycles. The number of rotatable bonds is 9. The van der Waals surface area contributed by atoms with E-state index in [0.717, 1.165) is 37.1 Å². The van der Waals surface area contributed by atoms with E-state index >= 15 is 0 Å². The zero-order valence-corrected chi connectivity index (χ0v) is 23.6. The third-order valence-electron chi connectivity index (χ3n) is 6.78. The number of hydrogen-bond donors (Lipinski definition) is 2. The molecule has 0 radical (unpaired) electrons. The highest BCUT2D eigenvalue weighted by molar-refractivity contribution is 7.91. The number of halogens is 3. The van der Waals surface area contributed by atoms with Crippen LogP contribution in [-0.4, -0.2) is 60.9 Å². The van der Waals surface area contributed by atoms with Gasteiger partial charge in [-0.3, -0.25) is 0 Å². The predicted molar refractivity (Wildman–Crippen MR) is 152 cm³/mol. The van der Waals surface area contributed by atoms with Gasteiger partial charge in [0.05, 0.1) is 10.6 Å². The van der Waals surface area contributed by atoms with Gasteiger partial charge in [-0.2, -0.15) is 0 Å². The molecule has 3 aromatic carbocycles. The molecule has 11 heteroatoms. The summed E-state index contributed by atoms with van der Waals surface area (Å²) in [6.45, 7) is 2.02. The van der Waals surface area contributed by atoms with Gasteiger partial charge in [0.2, 0.25) is 0 Å². The summed E-state index contributed by atoms with van der Waals surface area (Å²) in [4.78, 5) is 21.6. The molecule has 1 aliphatic heterocycles. The minimum absolute atomic E-state index is 0.0335. The average molecular weight is 606 g/mol. The van der Waals surface area contributed by atoms with Crippen LogP contribution in [0.2, 0.25) is 5.02 Å². The van der Waals surface area contributed by atoms with Crippen molar-refractivity contribution in [3.05, 3.63) is 113 Å². The molecular weight excluding hydrogens is 576 g/mol. The lowest BCUT2D eigenvalue weighted by atomic mass is 9.76. The molecule has 1 fully saturated rings. The second-order valence-electron chi connectivity index (χ2n) is 9.54. The van der Waals surface area contributed by atoms with Crippen LogP contribution < -0.4 is 0 Å². The van der Waals surface area contributed by atoms with Crippen LogP contribution in [0.15, 0.2) is 89.8 Å². The summed E-state index contributed by atoms with van der Waals surface area (Å²) in [7, 11) is -3.37. The van der Waals surface area contributed by atoms with Crippen molar-refractivity contribution in [1.29, 1.82) is 0 Å². The molecule has 0 bridgehead atoms. The first-order valence-corrected chi connectivity index (χ1v) is 14.8. The lowest BCUT2D eigenvalue weighted by Gasteiger charge is -2.36. The van der Waals surface area contributed by atoms with Crippen molar-refractivity contribution < 1.29 is 37.0 Å². The monoisotopic (exact) mass is 605 g/mol. The third kappa shape index (κ3) is 10.1. The van der Waals surface area contributed by atoms with Crippen molar-refractivity contribution >= 4 is 33.4 Å². The molecule has 1 saturated heterocycles. The Labute approximate surface area is 242 Å². The minimum atomic E-state index is -3.37. The molecule has 218 valence electrons. The first kappa shape index (κ1) is 31.9. The van der Waals surface area contributed by atoms with Gasteiger partial charge in [0.15, 0.2) is 9.84 Å². The van der Waals surface area contributed by atoms with E-state index in [1.807, 2.05) is 0 Å². The number of carboxylic acid groups (broad SMARTS) is 2. The molecule has 0 unspecified atom stereocenters. The number of sulfone groups is 1. The Hall–Kier alpha value is -3.60. The molecule has 3 aromatic rings. The number of carbonyl (C=O) groups is 2. The summed E-state index contributed by atoms with van der Waals surface area (Å²) in [5.41, 5.74) is 2.01. The zero-order chi connectivity index (χ0) is 30.0. The van der Waals surface area contributed by atoms with Gasteiger partial charge < -0.3 is 15.1 Å². The Kier molecular flexibility index (Phi) is 11.6. The van der Waals surface area contributed by atoms with E-state index < -0.39 is 21.8 Å². The van der Waals surface area contributed by atoms with Gasteiger partial charge >= 0.3 is 11.9 Å². The van der Waals surface area contributed by atoms with Crippen LogP contribution in [0.25, 0.3) is 0 Å². The fraction of sp³-hybridized carbons (Fsp3) is 0.267. The van der Waals surface area contributed by atoms with E-state index in [4.69, 9.17) is 21.8 Å². The molecule has 2 N–H and O–H groups in total. The maximum atomic E-state index is 13.5. The van der Waals surface area contributed by atoms with Crippen molar-refractivity contribution in [2.45, 2.75) is 23.7 Å². The predicted octanol–water partition coefficient (Wildman–Crippen LogP) is 5.65. The van der Waals surface area contributed by atoms with Crippen molar-refractivity contribution in [1.82, 2.24) is 4.90 Å². The summed E-state index contributed by atoms with van der Waals surface area (Å²) >= 11 is 5.86. The van der Waals surface area contributed by atoms with Crippen LogP contribution in [-0.2, 0) is 19.4 Å². The molecule has 0 amide bonds. The summed E-state index contributed by atoms with van der Waals surface area (Å²) in [5, 5.41) is 16.1. The van der Waals surface area contributed by atoms with Crippen molar-refractivity contribution in [3.63, 3.8) is 0 Å². The Bertz CT molecular complexity index is 1380. The fourth-order valence-corrected chi connectivity index (χ4v) is 6.15. The van der Waals surface area contributed by atoms with E-state index in [1.165, 1.54) is 24.3 Å². The molecule has 7 nitrogen and oxygen atoms in total. The standard InChI is InChI=1S/C26H26ClF2NO2S.C4H4O4/c27-22-5-11-25(12-6-22)33(31,32)18-17-30-15-13-21(14-16-30)26(19-1-7-23(28)8-2-19)20-3-9-24(29)10-4-20;5-3(6)1-2-4(7)8/h1-12,21,26H,13-18H2;1-2H,(H,5,6)(H,7,8)/b;2-1-. The number of likely N-dealkylation sites (tertiary alicyclic amines) is 1. The van der Waals surface area contributed by atoms with Gasteiger partial charge in [0.1, 0.15) is 11.6 Å². The second-order valence-corrected chi connectivity index (χ2v) is 12.1. The van der Waals surface area contributed by atoms with E-state index in [1.54, 1.807) is 48.5 Å². The number of benzene rings is 3. The third-order valence-corrected chi connectivity index (χ3v) is 8.74. The van der Waals surface area contributed by atoms with Crippen LogP contribution in [0.5, 0.6) is 0 Å². The Morgan fingerprint density at radius 2 is 1.27 bits per heavy atom. The van der Waals surface area contributed by atoms with Crippen LogP contribution >= 0.6 is 11.6 Å². The average Bonchev–Trinajstić information content (AvgIpc) is 2.94. The lowest BCUT2D eigenvalue weighted by Crippen LogP contribution is -2.38. The maximum Gasteiger partial charge on any atom is 0.328 e. The molecule has 0 atom stereocenters. The molecule has 0 saturated carbocycles. The molecule has 4 rings (SSSR count). The highest BCUT2D eigenvalue weighted by Crippen LogP contribution is 2.38. The SMILES string of the molecule is O=C(O)/C=C\C(=O)O.O=S(=O)(CCN1CCC(C(c2ccc(F)cc2)c2ccc(F)cc2)CC1)c1ccc(Cl)cc1. The van der Waals surface area contributed by atoms with Crippen molar-refractivity contribution in [2.24, 2.45) is 5.92 Å². The first-order chi connectivity index (χ1) is 19.4. The van der Waals surface area contributed by atoms with Crippen molar-refractivity contribution in [2.75, 3.05) is 25.4 Å². The highest BCUT2D eigenvalue weighted by atomic mass is 35.5. The highest BCUT2D eigenvalue weighted by Gasteiger charge is 2.29. The van der Waals surface area contributed by atoms with Gasteiger partial charge in [0.25, 0.3) is 0 Å². The van der Waals surface area contributed by atoms with E-state index in [0.29, 0.717) is 29.6 Å². The van der Waals surface area contributed by atoms with Gasteiger partial charge in [-0.25, -0.2) is 26.8 Å². The van der Waals surface area contributed by atoms with Crippen LogP contribution in [0.1, 0.15) is 29.9 Å². The second kappa shape index (κ2) is 14.9. The van der Waals surface area contributed by atoms with E-state index in [9.17, 15) is 26.8 Å². The van der Waals surface area contributed by atoms with Gasteiger partial charge in [-0.15, -0.1) is 0 Å². The Balaban J connectivity index is 0.000000507. The van der Waals surface area contributed by atoms with Crippen LogP contribution in [0, 0.1) is 17.6 Å². The largest absolute Gasteiger partial charge is 0.478 e. The van der Waals surface area contributed by atoms with Gasteiger partial charge in [-0.05, 0) is 91.5 Å². The normalized spacial score (nSPS) is 14.5. The van der Waals surface area contributed by atoms with Gasteiger partial charge in [-0.1, -0.05) is 35.9 Å². The number of hydrogen-bond acceptors (Lipinski definition) is 5. The number of carboxylic acids is 2. The van der Waals surface area contributed by atoms with E-state index in [2.05, 4.69) is 4.90 Å². The zero-order valence-electron chi connectivity index (χ0n) is 22.0. The Morgan fingerprint density at radius 3 is 1.68 bits per heavy atom. The van der Waals surface area contributed by atoms with Crippen LogP contribution in [0.4, 0.5) is 8.78 Å².